The summed E-state index contributed by atoms with van der Waals surface area (Å²) in [5.41, 5.74) is -0.00516. The van der Waals surface area contributed by atoms with Crippen LogP contribution >= 0.6 is 11.3 Å². The highest BCUT2D eigenvalue weighted by molar-refractivity contribution is 7.10. The molecule has 4 rings (SSSR count). The van der Waals surface area contributed by atoms with Crippen molar-refractivity contribution < 1.29 is 28.2 Å². The summed E-state index contributed by atoms with van der Waals surface area (Å²) in [6.07, 6.45) is 1.48. The van der Waals surface area contributed by atoms with Crippen molar-refractivity contribution in [1.82, 2.24) is 4.90 Å². The number of thiophene rings is 1. The molecular formula is C21H16FNO5S. The standard InChI is InChI=1S/C21H16FNO5S/c1-27-15-7-6-12(10-14(15)22)19(24)17-18(16-5-3-9-29-16)23(21(26)20(17)25)11-13-4-2-8-28-13/h2-10,18,24H,11H2,1H3/b19-17+. The van der Waals surface area contributed by atoms with Gasteiger partial charge in [0.25, 0.3) is 11.7 Å². The molecule has 1 N–H and O–H groups in total. The third-order valence-electron chi connectivity index (χ3n) is 4.68. The molecule has 148 valence electrons. The molecule has 29 heavy (non-hydrogen) atoms. The van der Waals surface area contributed by atoms with E-state index in [1.165, 1.54) is 41.7 Å². The van der Waals surface area contributed by atoms with Crippen LogP contribution in [0.2, 0.25) is 0 Å². The number of hydrogen-bond donors (Lipinski definition) is 1. The number of likely N-dealkylation sites (tertiary alicyclic amines) is 1. The van der Waals surface area contributed by atoms with Crippen LogP contribution in [0.3, 0.4) is 0 Å². The Hall–Kier alpha value is -3.39. The zero-order chi connectivity index (χ0) is 20.5. The molecule has 1 atom stereocenters. The van der Waals surface area contributed by atoms with Gasteiger partial charge in [-0.05, 0) is 41.8 Å². The molecule has 1 fully saturated rings. The van der Waals surface area contributed by atoms with Crippen molar-refractivity contribution in [2.24, 2.45) is 0 Å². The molecule has 0 saturated carbocycles. The van der Waals surface area contributed by atoms with Crippen molar-refractivity contribution in [3.05, 3.63) is 81.7 Å². The van der Waals surface area contributed by atoms with Crippen LogP contribution in [0, 0.1) is 5.82 Å². The number of rotatable bonds is 5. The van der Waals surface area contributed by atoms with E-state index in [0.717, 1.165) is 6.07 Å². The minimum atomic E-state index is -0.830. The number of ether oxygens (including phenoxy) is 1. The van der Waals surface area contributed by atoms with E-state index in [2.05, 4.69) is 0 Å². The van der Waals surface area contributed by atoms with E-state index in [4.69, 9.17) is 9.15 Å². The number of carbonyl (C=O) groups excluding carboxylic acids is 2. The number of Topliss-reactive ketones (excluding diaryl/α,β-unsaturated/α-hetero) is 1. The molecule has 6 nitrogen and oxygen atoms in total. The molecule has 1 aliphatic rings. The minimum Gasteiger partial charge on any atom is -0.507 e. The largest absolute Gasteiger partial charge is 0.507 e. The highest BCUT2D eigenvalue weighted by Gasteiger charge is 2.46. The Balaban J connectivity index is 1.83. The van der Waals surface area contributed by atoms with Crippen LogP contribution in [-0.4, -0.2) is 28.8 Å². The average Bonchev–Trinajstić information content (AvgIpc) is 3.46. The lowest BCUT2D eigenvalue weighted by atomic mass is 9.99. The van der Waals surface area contributed by atoms with E-state index in [9.17, 15) is 19.1 Å². The van der Waals surface area contributed by atoms with Gasteiger partial charge in [-0.15, -0.1) is 11.3 Å². The normalized spacial score (nSPS) is 18.4. The number of aliphatic hydroxyl groups is 1. The predicted octanol–water partition coefficient (Wildman–Crippen LogP) is 4.11. The molecule has 0 aliphatic carbocycles. The Kier molecular flexibility index (Phi) is 4.94. The molecule has 0 radical (unpaired) electrons. The Morgan fingerprint density at radius 3 is 2.72 bits per heavy atom. The fourth-order valence-electron chi connectivity index (χ4n) is 3.33. The van der Waals surface area contributed by atoms with Gasteiger partial charge in [0.1, 0.15) is 17.6 Å². The number of aliphatic hydroxyl groups excluding tert-OH is 1. The predicted molar refractivity (Wildman–Crippen MR) is 104 cm³/mol. The zero-order valence-electron chi connectivity index (χ0n) is 15.3. The SMILES string of the molecule is COc1ccc(/C(O)=C2\C(=O)C(=O)N(Cc3ccco3)C2c2cccs2)cc1F. The van der Waals surface area contributed by atoms with Gasteiger partial charge in [0.15, 0.2) is 11.6 Å². The Labute approximate surface area is 169 Å². The fourth-order valence-corrected chi connectivity index (χ4v) is 4.17. The Morgan fingerprint density at radius 1 is 1.28 bits per heavy atom. The van der Waals surface area contributed by atoms with E-state index < -0.39 is 29.3 Å². The molecule has 1 unspecified atom stereocenters. The summed E-state index contributed by atoms with van der Waals surface area (Å²) in [6.45, 7) is 0.0634. The van der Waals surface area contributed by atoms with E-state index in [0.29, 0.717) is 10.6 Å². The summed E-state index contributed by atoms with van der Waals surface area (Å²) in [6, 6.07) is 10.0. The maximum Gasteiger partial charge on any atom is 0.296 e. The molecule has 0 spiro atoms. The van der Waals surface area contributed by atoms with Crippen LogP contribution in [0.1, 0.15) is 22.2 Å². The van der Waals surface area contributed by atoms with Gasteiger partial charge in [-0.1, -0.05) is 6.07 Å². The Bertz CT molecular complexity index is 1090. The smallest absolute Gasteiger partial charge is 0.296 e. The number of nitrogens with zero attached hydrogens (tertiary/aromatic N) is 1. The molecule has 1 aromatic carbocycles. The second-order valence-corrected chi connectivity index (χ2v) is 7.35. The van der Waals surface area contributed by atoms with Gasteiger partial charge in [-0.2, -0.15) is 0 Å². The summed E-state index contributed by atoms with van der Waals surface area (Å²) < 4.78 is 24.4. The number of halogens is 1. The summed E-state index contributed by atoms with van der Waals surface area (Å²) in [5.74, 6) is -2.20. The van der Waals surface area contributed by atoms with Gasteiger partial charge in [0.05, 0.1) is 25.5 Å². The number of ketones is 1. The first kappa shape index (κ1) is 18.9. The van der Waals surface area contributed by atoms with Crippen molar-refractivity contribution in [2.75, 3.05) is 7.11 Å². The molecule has 3 aromatic rings. The molecular weight excluding hydrogens is 397 g/mol. The third kappa shape index (κ3) is 3.31. The van der Waals surface area contributed by atoms with Crippen LogP contribution in [0.15, 0.2) is 64.1 Å². The molecule has 3 heterocycles. The van der Waals surface area contributed by atoms with Crippen LogP contribution in [0.25, 0.3) is 5.76 Å². The van der Waals surface area contributed by atoms with Gasteiger partial charge >= 0.3 is 0 Å². The number of methoxy groups -OCH3 is 1. The van der Waals surface area contributed by atoms with Crippen LogP contribution in [-0.2, 0) is 16.1 Å². The molecule has 1 aliphatic heterocycles. The maximum absolute atomic E-state index is 14.1. The van der Waals surface area contributed by atoms with Crippen LogP contribution < -0.4 is 4.74 Å². The van der Waals surface area contributed by atoms with Gasteiger partial charge in [-0.3, -0.25) is 9.59 Å². The quantitative estimate of drug-likeness (QED) is 0.387. The van der Waals surface area contributed by atoms with Crippen LogP contribution in [0.5, 0.6) is 5.75 Å². The Morgan fingerprint density at radius 2 is 2.10 bits per heavy atom. The van der Waals surface area contributed by atoms with E-state index in [1.54, 1.807) is 24.3 Å². The summed E-state index contributed by atoms with van der Waals surface area (Å²) in [4.78, 5) is 27.6. The zero-order valence-corrected chi connectivity index (χ0v) is 16.1. The van der Waals surface area contributed by atoms with Gasteiger partial charge in [0, 0.05) is 10.4 Å². The number of carbonyl (C=O) groups is 2. The molecule has 1 saturated heterocycles. The van der Waals surface area contributed by atoms with Crippen molar-refractivity contribution in [2.45, 2.75) is 12.6 Å². The molecule has 8 heteroatoms. The molecule has 2 aromatic heterocycles. The first-order valence-electron chi connectivity index (χ1n) is 8.69. The number of hydrogen-bond acceptors (Lipinski definition) is 6. The number of amides is 1. The van der Waals surface area contributed by atoms with Gasteiger partial charge < -0.3 is 19.2 Å². The fraction of sp³-hybridized carbons (Fsp3) is 0.143. The summed E-state index contributed by atoms with van der Waals surface area (Å²) in [7, 11) is 1.33. The van der Waals surface area contributed by atoms with E-state index in [-0.39, 0.29) is 23.4 Å². The van der Waals surface area contributed by atoms with Crippen LogP contribution in [0.4, 0.5) is 4.39 Å². The lowest BCUT2D eigenvalue weighted by molar-refractivity contribution is -0.140. The van der Waals surface area contributed by atoms with Crippen molar-refractivity contribution in [3.8, 4) is 5.75 Å². The molecule has 0 bridgehead atoms. The van der Waals surface area contributed by atoms with Gasteiger partial charge in [0.2, 0.25) is 0 Å². The topological polar surface area (TPSA) is 80.0 Å². The molecule has 1 amide bonds. The van der Waals surface area contributed by atoms with Crippen molar-refractivity contribution in [1.29, 1.82) is 0 Å². The monoisotopic (exact) mass is 413 g/mol. The summed E-state index contributed by atoms with van der Waals surface area (Å²) >= 11 is 1.35. The average molecular weight is 413 g/mol. The second kappa shape index (κ2) is 7.56. The minimum absolute atomic E-state index is 0.00891. The highest BCUT2D eigenvalue weighted by Crippen LogP contribution is 2.42. The van der Waals surface area contributed by atoms with Crippen molar-refractivity contribution in [3.63, 3.8) is 0 Å². The lowest BCUT2D eigenvalue weighted by Gasteiger charge is -2.23. The second-order valence-electron chi connectivity index (χ2n) is 6.37. The first-order valence-corrected chi connectivity index (χ1v) is 9.57. The maximum atomic E-state index is 14.1. The van der Waals surface area contributed by atoms with E-state index >= 15 is 0 Å². The van der Waals surface area contributed by atoms with Crippen molar-refractivity contribution >= 4 is 28.8 Å². The van der Waals surface area contributed by atoms with Gasteiger partial charge in [-0.25, -0.2) is 4.39 Å². The summed E-state index contributed by atoms with van der Waals surface area (Å²) in [5, 5.41) is 12.7. The highest BCUT2D eigenvalue weighted by atomic mass is 32.1. The lowest BCUT2D eigenvalue weighted by Crippen LogP contribution is -2.28. The first-order chi connectivity index (χ1) is 14.0. The van der Waals surface area contributed by atoms with E-state index in [1.807, 2.05) is 5.38 Å². The number of furan rings is 1. The number of benzene rings is 1. The third-order valence-corrected chi connectivity index (χ3v) is 5.61.